The summed E-state index contributed by atoms with van der Waals surface area (Å²) in [5, 5.41) is -0.0388. The third-order valence-corrected chi connectivity index (χ3v) is 10.9. The standard InChI is InChI=1S/C22H26ClF3O3SSi/c1-21(2,3)31(5,6)29-17-10-14(9-15(11-17)20(27)28-4)13-30-19-8-7-16(23)12-18(19)22(24,25)26/h7-12H,13H2,1-6H3. The summed E-state index contributed by atoms with van der Waals surface area (Å²) in [6.45, 7) is 10.4. The molecule has 0 N–H and O–H groups in total. The van der Waals surface area contributed by atoms with E-state index in [2.05, 4.69) is 33.9 Å². The van der Waals surface area contributed by atoms with E-state index < -0.39 is 26.0 Å². The molecule has 0 heterocycles. The van der Waals surface area contributed by atoms with Gasteiger partial charge in [0.05, 0.1) is 18.2 Å². The summed E-state index contributed by atoms with van der Waals surface area (Å²) in [4.78, 5) is 12.2. The predicted octanol–water partition coefficient (Wildman–Crippen LogP) is 7.82. The van der Waals surface area contributed by atoms with Gasteiger partial charge in [0.15, 0.2) is 0 Å². The van der Waals surface area contributed by atoms with Crippen LogP contribution in [0.1, 0.15) is 42.3 Å². The first-order valence-electron chi connectivity index (χ1n) is 9.55. The van der Waals surface area contributed by atoms with Crippen LogP contribution in [0.4, 0.5) is 13.2 Å². The van der Waals surface area contributed by atoms with Crippen molar-refractivity contribution in [3.05, 3.63) is 58.1 Å². The van der Waals surface area contributed by atoms with E-state index in [-0.39, 0.29) is 20.7 Å². The number of hydrogen-bond donors (Lipinski definition) is 0. The minimum absolute atomic E-state index is 0.0226. The highest BCUT2D eigenvalue weighted by molar-refractivity contribution is 7.98. The maximum atomic E-state index is 13.4. The van der Waals surface area contributed by atoms with Crippen LogP contribution in [0.5, 0.6) is 5.75 Å². The third-order valence-electron chi connectivity index (χ3n) is 5.21. The van der Waals surface area contributed by atoms with E-state index in [1.807, 2.05) is 0 Å². The first-order chi connectivity index (χ1) is 14.1. The number of alkyl halides is 3. The first kappa shape index (κ1) is 25.6. The maximum Gasteiger partial charge on any atom is 0.417 e. The average molecular weight is 491 g/mol. The highest BCUT2D eigenvalue weighted by atomic mass is 35.5. The smallest absolute Gasteiger partial charge is 0.417 e. The quantitative estimate of drug-likeness (QED) is 0.235. The van der Waals surface area contributed by atoms with Gasteiger partial charge < -0.3 is 9.16 Å². The van der Waals surface area contributed by atoms with Crippen LogP contribution >= 0.6 is 23.4 Å². The second kappa shape index (κ2) is 9.46. The lowest BCUT2D eigenvalue weighted by molar-refractivity contribution is -0.139. The number of esters is 1. The van der Waals surface area contributed by atoms with Gasteiger partial charge in [0.25, 0.3) is 0 Å². The molecule has 2 rings (SSSR count). The van der Waals surface area contributed by atoms with Crippen molar-refractivity contribution in [2.24, 2.45) is 0 Å². The van der Waals surface area contributed by atoms with Crippen molar-refractivity contribution in [2.45, 2.75) is 55.7 Å². The number of carbonyl (C=O) groups is 1. The molecule has 0 aromatic heterocycles. The summed E-state index contributed by atoms with van der Waals surface area (Å²) < 4.78 is 51.3. The molecule has 0 aliphatic carbocycles. The fourth-order valence-electron chi connectivity index (χ4n) is 2.50. The molecular formula is C22H26ClF3O3SSi. The van der Waals surface area contributed by atoms with Crippen molar-refractivity contribution in [3.63, 3.8) is 0 Å². The van der Waals surface area contributed by atoms with Crippen molar-refractivity contribution in [3.8, 4) is 5.75 Å². The van der Waals surface area contributed by atoms with Gasteiger partial charge in [0.2, 0.25) is 8.32 Å². The molecule has 170 valence electrons. The number of rotatable bonds is 6. The zero-order valence-electron chi connectivity index (χ0n) is 18.3. The minimum Gasteiger partial charge on any atom is -0.543 e. The molecule has 3 nitrogen and oxygen atoms in total. The Hall–Kier alpha value is -1.64. The molecule has 0 atom stereocenters. The Balaban J connectivity index is 2.38. The van der Waals surface area contributed by atoms with E-state index in [1.165, 1.54) is 19.2 Å². The van der Waals surface area contributed by atoms with Crippen LogP contribution in [0.3, 0.4) is 0 Å². The molecule has 0 unspecified atom stereocenters. The Labute approximate surface area is 191 Å². The van der Waals surface area contributed by atoms with Gasteiger partial charge in [-0.15, -0.1) is 11.8 Å². The van der Waals surface area contributed by atoms with Crippen molar-refractivity contribution in [2.75, 3.05) is 7.11 Å². The van der Waals surface area contributed by atoms with E-state index in [0.29, 0.717) is 16.9 Å². The Morgan fingerprint density at radius 1 is 1.10 bits per heavy atom. The molecule has 0 amide bonds. The lowest BCUT2D eigenvalue weighted by Crippen LogP contribution is -2.43. The average Bonchev–Trinajstić information content (AvgIpc) is 2.64. The van der Waals surface area contributed by atoms with Crippen LogP contribution in [0, 0.1) is 0 Å². The van der Waals surface area contributed by atoms with Gasteiger partial charge in [-0.2, -0.15) is 13.2 Å². The molecular weight excluding hydrogens is 465 g/mol. The molecule has 0 spiro atoms. The zero-order chi connectivity index (χ0) is 23.6. The molecule has 2 aromatic carbocycles. The maximum absolute atomic E-state index is 13.4. The largest absolute Gasteiger partial charge is 0.543 e. The Bertz CT molecular complexity index is 956. The number of methoxy groups -OCH3 is 1. The SMILES string of the molecule is COC(=O)c1cc(CSc2ccc(Cl)cc2C(F)(F)F)cc(O[Si](C)(C)C(C)(C)C)c1. The summed E-state index contributed by atoms with van der Waals surface area (Å²) in [6.07, 6.45) is -4.52. The molecule has 0 aliphatic heterocycles. The highest BCUT2D eigenvalue weighted by Crippen LogP contribution is 2.40. The summed E-state index contributed by atoms with van der Waals surface area (Å²) in [6, 6.07) is 8.69. The third kappa shape index (κ3) is 6.67. The molecule has 0 saturated heterocycles. The number of hydrogen-bond acceptors (Lipinski definition) is 4. The Kier molecular flexibility index (Phi) is 7.82. The molecule has 0 fully saturated rings. The molecule has 2 aromatic rings. The highest BCUT2D eigenvalue weighted by Gasteiger charge is 2.39. The fourth-order valence-corrected chi connectivity index (χ4v) is 4.67. The van der Waals surface area contributed by atoms with E-state index in [1.54, 1.807) is 18.2 Å². The van der Waals surface area contributed by atoms with Gasteiger partial charge in [0.1, 0.15) is 5.75 Å². The molecule has 0 saturated carbocycles. The van der Waals surface area contributed by atoms with Crippen molar-refractivity contribution < 1.29 is 27.1 Å². The summed E-state index contributed by atoms with van der Waals surface area (Å²) >= 11 is 6.78. The van der Waals surface area contributed by atoms with Crippen LogP contribution < -0.4 is 4.43 Å². The predicted molar refractivity (Wildman–Crippen MR) is 122 cm³/mol. The van der Waals surface area contributed by atoms with E-state index in [4.69, 9.17) is 20.8 Å². The number of benzene rings is 2. The second-order valence-electron chi connectivity index (χ2n) is 8.65. The number of ether oxygens (including phenoxy) is 1. The lowest BCUT2D eigenvalue weighted by atomic mass is 10.1. The number of halogens is 4. The van der Waals surface area contributed by atoms with Gasteiger partial charge >= 0.3 is 12.1 Å². The number of carbonyl (C=O) groups excluding carboxylic acids is 1. The lowest BCUT2D eigenvalue weighted by Gasteiger charge is -2.36. The normalized spacial score (nSPS) is 12.6. The van der Waals surface area contributed by atoms with Crippen LogP contribution in [0.2, 0.25) is 23.2 Å². The van der Waals surface area contributed by atoms with Gasteiger partial charge in [0, 0.05) is 15.7 Å². The molecule has 0 radical (unpaired) electrons. The van der Waals surface area contributed by atoms with Crippen molar-refractivity contribution in [1.82, 2.24) is 0 Å². The van der Waals surface area contributed by atoms with Crippen LogP contribution in [-0.4, -0.2) is 21.4 Å². The Morgan fingerprint density at radius 3 is 2.29 bits per heavy atom. The number of thioether (sulfide) groups is 1. The first-order valence-corrected chi connectivity index (χ1v) is 13.8. The topological polar surface area (TPSA) is 35.5 Å². The van der Waals surface area contributed by atoms with Crippen LogP contribution in [0.15, 0.2) is 41.3 Å². The van der Waals surface area contributed by atoms with Crippen molar-refractivity contribution in [1.29, 1.82) is 0 Å². The van der Waals surface area contributed by atoms with Gasteiger partial charge in [-0.25, -0.2) is 4.79 Å². The zero-order valence-corrected chi connectivity index (χ0v) is 20.9. The molecule has 0 aliphatic rings. The summed E-state index contributed by atoms with van der Waals surface area (Å²) in [5.41, 5.74) is 0.165. The Morgan fingerprint density at radius 2 is 1.74 bits per heavy atom. The molecule has 9 heteroatoms. The van der Waals surface area contributed by atoms with E-state index >= 15 is 0 Å². The summed E-state index contributed by atoms with van der Waals surface area (Å²) in [5.74, 6) is 0.190. The van der Waals surface area contributed by atoms with Gasteiger partial charge in [-0.3, -0.25) is 0 Å². The summed E-state index contributed by atoms with van der Waals surface area (Å²) in [7, 11) is -0.907. The van der Waals surface area contributed by atoms with Gasteiger partial charge in [-0.05, 0) is 60.1 Å². The van der Waals surface area contributed by atoms with Crippen LogP contribution in [0.25, 0.3) is 0 Å². The van der Waals surface area contributed by atoms with Gasteiger partial charge in [-0.1, -0.05) is 32.4 Å². The molecule has 31 heavy (non-hydrogen) atoms. The second-order valence-corrected chi connectivity index (χ2v) is 14.8. The molecule has 0 bridgehead atoms. The van der Waals surface area contributed by atoms with Crippen molar-refractivity contribution >= 4 is 37.6 Å². The minimum atomic E-state index is -4.52. The van der Waals surface area contributed by atoms with E-state index in [9.17, 15) is 18.0 Å². The van der Waals surface area contributed by atoms with Crippen LogP contribution in [-0.2, 0) is 16.7 Å². The van der Waals surface area contributed by atoms with E-state index in [0.717, 1.165) is 17.8 Å². The monoisotopic (exact) mass is 490 g/mol. The fraction of sp³-hybridized carbons (Fsp3) is 0.409.